The van der Waals surface area contributed by atoms with Crippen molar-refractivity contribution in [3.05, 3.63) is 41.2 Å². The van der Waals surface area contributed by atoms with Crippen LogP contribution in [0.2, 0.25) is 5.02 Å². The smallest absolute Gasteiger partial charge is 0.260 e. The fourth-order valence-electron chi connectivity index (χ4n) is 1.08. The number of rotatable bonds is 3. The number of hydrogen-bond donors (Lipinski definition) is 0. The summed E-state index contributed by atoms with van der Waals surface area (Å²) < 4.78 is 5.07. The van der Waals surface area contributed by atoms with Crippen LogP contribution in [0, 0.1) is 0 Å². The highest BCUT2D eigenvalue weighted by molar-refractivity contribution is 7.99. The molecule has 0 bridgehead atoms. The third kappa shape index (κ3) is 2.22. The van der Waals surface area contributed by atoms with Crippen LogP contribution in [-0.4, -0.2) is 11.3 Å². The van der Waals surface area contributed by atoms with Crippen molar-refractivity contribution in [3.63, 3.8) is 0 Å². The molecular weight excluding hydrogens is 234 g/mol. The van der Waals surface area contributed by atoms with E-state index in [0.29, 0.717) is 15.8 Å². The van der Waals surface area contributed by atoms with Gasteiger partial charge in [-0.25, -0.2) is 4.98 Å². The van der Waals surface area contributed by atoms with Gasteiger partial charge < -0.3 is 4.42 Å². The molecule has 15 heavy (non-hydrogen) atoms. The summed E-state index contributed by atoms with van der Waals surface area (Å²) in [5.41, 5.74) is 0.461. The summed E-state index contributed by atoms with van der Waals surface area (Å²) >= 11 is 7.14. The number of benzene rings is 1. The molecule has 0 amide bonds. The van der Waals surface area contributed by atoms with E-state index in [0.717, 1.165) is 11.2 Å². The Kier molecular flexibility index (Phi) is 3.08. The Labute approximate surface area is 95.5 Å². The molecule has 0 saturated heterocycles. The Morgan fingerprint density at radius 2 is 2.33 bits per heavy atom. The van der Waals surface area contributed by atoms with E-state index in [1.807, 2.05) is 0 Å². The van der Waals surface area contributed by atoms with E-state index in [9.17, 15) is 4.79 Å². The molecule has 0 spiro atoms. The normalized spacial score (nSPS) is 10.2. The first-order chi connectivity index (χ1) is 7.31. The standard InChI is InChI=1S/C10H6ClNO2S/c11-8-2-1-3-9(7(8)6-13)15-10-12-4-5-14-10/h1-6H. The second kappa shape index (κ2) is 4.51. The Balaban J connectivity index is 2.36. The molecule has 1 aromatic heterocycles. The number of hydrogen-bond acceptors (Lipinski definition) is 4. The summed E-state index contributed by atoms with van der Waals surface area (Å²) in [6, 6.07) is 5.25. The van der Waals surface area contributed by atoms with Crippen LogP contribution in [-0.2, 0) is 0 Å². The molecule has 1 aromatic carbocycles. The number of carbonyl (C=O) groups excluding carboxylic acids is 1. The fraction of sp³-hybridized carbons (Fsp3) is 0. The van der Waals surface area contributed by atoms with Crippen molar-refractivity contribution in [2.24, 2.45) is 0 Å². The molecule has 2 aromatic rings. The van der Waals surface area contributed by atoms with Crippen molar-refractivity contribution in [1.29, 1.82) is 0 Å². The van der Waals surface area contributed by atoms with Crippen LogP contribution in [0.5, 0.6) is 0 Å². The number of carbonyl (C=O) groups is 1. The molecule has 2 rings (SSSR count). The molecule has 5 heteroatoms. The molecular formula is C10H6ClNO2S. The zero-order valence-corrected chi connectivity index (χ0v) is 9.09. The van der Waals surface area contributed by atoms with Gasteiger partial charge in [0.1, 0.15) is 6.26 Å². The van der Waals surface area contributed by atoms with Crippen molar-refractivity contribution in [2.45, 2.75) is 10.1 Å². The highest BCUT2D eigenvalue weighted by Crippen LogP contribution is 2.31. The highest BCUT2D eigenvalue weighted by atomic mass is 35.5. The predicted octanol–water partition coefficient (Wildman–Crippen LogP) is 3.29. The van der Waals surface area contributed by atoms with E-state index < -0.39 is 0 Å². The summed E-state index contributed by atoms with van der Waals surface area (Å²) in [5.74, 6) is 0. The van der Waals surface area contributed by atoms with Gasteiger partial charge in [-0.15, -0.1) is 0 Å². The molecule has 3 nitrogen and oxygen atoms in total. The van der Waals surface area contributed by atoms with E-state index in [1.165, 1.54) is 18.0 Å². The van der Waals surface area contributed by atoms with Crippen LogP contribution in [0.3, 0.4) is 0 Å². The van der Waals surface area contributed by atoms with Crippen LogP contribution in [0.4, 0.5) is 0 Å². The zero-order valence-electron chi connectivity index (χ0n) is 7.51. The number of aldehydes is 1. The number of halogens is 1. The lowest BCUT2D eigenvalue weighted by Gasteiger charge is -2.02. The van der Waals surface area contributed by atoms with Gasteiger partial charge in [0.15, 0.2) is 6.29 Å². The van der Waals surface area contributed by atoms with Gasteiger partial charge in [0.05, 0.1) is 11.2 Å². The maximum Gasteiger partial charge on any atom is 0.260 e. The van der Waals surface area contributed by atoms with Crippen molar-refractivity contribution in [3.8, 4) is 0 Å². The third-order valence-corrected chi connectivity index (χ3v) is 3.02. The molecule has 0 N–H and O–H groups in total. The van der Waals surface area contributed by atoms with Crippen LogP contribution in [0.1, 0.15) is 10.4 Å². The summed E-state index contributed by atoms with van der Waals surface area (Å²) in [7, 11) is 0. The Hall–Kier alpha value is -1.26. The number of aromatic nitrogens is 1. The quantitative estimate of drug-likeness (QED) is 0.771. The van der Waals surface area contributed by atoms with Crippen LogP contribution < -0.4 is 0 Å². The second-order valence-electron chi connectivity index (χ2n) is 2.67. The van der Waals surface area contributed by atoms with Gasteiger partial charge in [-0.05, 0) is 23.9 Å². The molecule has 0 fully saturated rings. The lowest BCUT2D eigenvalue weighted by molar-refractivity contribution is 0.112. The van der Waals surface area contributed by atoms with Crippen molar-refractivity contribution in [2.75, 3.05) is 0 Å². The summed E-state index contributed by atoms with van der Waals surface area (Å²) in [6.07, 6.45) is 3.76. The van der Waals surface area contributed by atoms with Gasteiger partial charge in [-0.3, -0.25) is 4.79 Å². The fourth-order valence-corrected chi connectivity index (χ4v) is 2.17. The van der Waals surface area contributed by atoms with Crippen LogP contribution >= 0.6 is 23.4 Å². The minimum Gasteiger partial charge on any atom is -0.440 e. The van der Waals surface area contributed by atoms with Gasteiger partial charge in [0.2, 0.25) is 0 Å². The molecule has 0 atom stereocenters. The highest BCUT2D eigenvalue weighted by Gasteiger charge is 2.09. The summed E-state index contributed by atoms with van der Waals surface area (Å²) in [6.45, 7) is 0. The summed E-state index contributed by atoms with van der Waals surface area (Å²) in [4.78, 5) is 15.5. The number of nitrogens with zero attached hydrogens (tertiary/aromatic N) is 1. The monoisotopic (exact) mass is 239 g/mol. The molecule has 76 valence electrons. The van der Waals surface area contributed by atoms with E-state index in [4.69, 9.17) is 16.0 Å². The van der Waals surface area contributed by atoms with Gasteiger partial charge in [0, 0.05) is 10.5 Å². The Morgan fingerprint density at radius 3 is 3.00 bits per heavy atom. The minimum atomic E-state index is 0.432. The third-order valence-electron chi connectivity index (χ3n) is 1.74. The first kappa shape index (κ1) is 10.3. The predicted molar refractivity (Wildman–Crippen MR) is 57.5 cm³/mol. The average Bonchev–Trinajstić information content (AvgIpc) is 2.71. The SMILES string of the molecule is O=Cc1c(Cl)cccc1Sc1ncco1. The van der Waals surface area contributed by atoms with E-state index in [2.05, 4.69) is 4.98 Å². The molecule has 0 radical (unpaired) electrons. The Morgan fingerprint density at radius 1 is 1.47 bits per heavy atom. The van der Waals surface area contributed by atoms with Gasteiger partial charge in [-0.1, -0.05) is 17.7 Å². The molecule has 0 saturated carbocycles. The van der Waals surface area contributed by atoms with Crippen LogP contribution in [0.15, 0.2) is 45.2 Å². The van der Waals surface area contributed by atoms with Gasteiger partial charge in [-0.2, -0.15) is 0 Å². The first-order valence-corrected chi connectivity index (χ1v) is 5.32. The maximum atomic E-state index is 10.8. The van der Waals surface area contributed by atoms with Crippen molar-refractivity contribution >= 4 is 29.6 Å². The molecule has 0 aliphatic heterocycles. The molecule has 0 unspecified atom stereocenters. The van der Waals surface area contributed by atoms with Crippen molar-refractivity contribution in [1.82, 2.24) is 4.98 Å². The van der Waals surface area contributed by atoms with E-state index in [1.54, 1.807) is 24.4 Å². The zero-order chi connectivity index (χ0) is 10.7. The topological polar surface area (TPSA) is 43.1 Å². The summed E-state index contributed by atoms with van der Waals surface area (Å²) in [5, 5.41) is 0.918. The minimum absolute atomic E-state index is 0.432. The average molecular weight is 240 g/mol. The van der Waals surface area contributed by atoms with Gasteiger partial charge in [0.25, 0.3) is 5.22 Å². The first-order valence-electron chi connectivity index (χ1n) is 4.12. The van der Waals surface area contributed by atoms with Crippen molar-refractivity contribution < 1.29 is 9.21 Å². The van der Waals surface area contributed by atoms with E-state index in [-0.39, 0.29) is 0 Å². The second-order valence-corrected chi connectivity index (χ2v) is 4.07. The van der Waals surface area contributed by atoms with E-state index >= 15 is 0 Å². The largest absolute Gasteiger partial charge is 0.440 e. The number of oxazole rings is 1. The lowest BCUT2D eigenvalue weighted by Crippen LogP contribution is -1.86. The lowest BCUT2D eigenvalue weighted by atomic mass is 10.2. The molecule has 1 heterocycles. The van der Waals surface area contributed by atoms with Crippen LogP contribution in [0.25, 0.3) is 0 Å². The maximum absolute atomic E-state index is 10.8. The van der Waals surface area contributed by atoms with Gasteiger partial charge >= 0.3 is 0 Å². The Bertz CT molecular complexity index is 470. The molecule has 0 aliphatic rings. The molecule has 0 aliphatic carbocycles.